The van der Waals surface area contributed by atoms with E-state index in [0.29, 0.717) is 19.8 Å². The van der Waals surface area contributed by atoms with E-state index in [1.807, 2.05) is 0 Å². The minimum atomic E-state index is -0.0992. The Kier molecular flexibility index (Phi) is 5.79. The number of carbonyl (C=O) groups is 2. The van der Waals surface area contributed by atoms with Crippen molar-refractivity contribution in [3.05, 3.63) is 24.3 Å². The fourth-order valence-electron chi connectivity index (χ4n) is 2.94. The minimum Gasteiger partial charge on any atom is -0.379 e. The molecule has 130 valence electrons. The number of nitrogens with one attached hydrogen (secondary N) is 3. The summed E-state index contributed by atoms with van der Waals surface area (Å²) in [6, 6.07) is 7.11. The van der Waals surface area contributed by atoms with Gasteiger partial charge in [-0.15, -0.1) is 0 Å². The van der Waals surface area contributed by atoms with E-state index in [4.69, 9.17) is 4.74 Å². The zero-order valence-electron chi connectivity index (χ0n) is 13.7. The van der Waals surface area contributed by atoms with Gasteiger partial charge in [0, 0.05) is 24.5 Å². The van der Waals surface area contributed by atoms with Gasteiger partial charge >= 0.3 is 0 Å². The summed E-state index contributed by atoms with van der Waals surface area (Å²) in [6.45, 7) is 4.19. The van der Waals surface area contributed by atoms with Gasteiger partial charge in [0.15, 0.2) is 0 Å². The van der Waals surface area contributed by atoms with Crippen molar-refractivity contribution in [1.82, 2.24) is 10.2 Å². The summed E-state index contributed by atoms with van der Waals surface area (Å²) in [7, 11) is 0. The van der Waals surface area contributed by atoms with Crippen molar-refractivity contribution in [3.63, 3.8) is 0 Å². The molecule has 0 aliphatic carbocycles. The normalized spacial score (nSPS) is 21.4. The molecule has 2 aliphatic rings. The number of ether oxygens (including phenoxy) is 1. The van der Waals surface area contributed by atoms with Crippen molar-refractivity contribution in [3.8, 4) is 0 Å². The van der Waals surface area contributed by atoms with Gasteiger partial charge in [0.1, 0.15) is 0 Å². The Morgan fingerprint density at radius 3 is 2.42 bits per heavy atom. The molecule has 0 radical (unpaired) electrons. The van der Waals surface area contributed by atoms with E-state index in [0.717, 1.165) is 43.9 Å². The Hall–Kier alpha value is -1.96. The van der Waals surface area contributed by atoms with Crippen LogP contribution in [0.5, 0.6) is 0 Å². The molecule has 0 spiro atoms. The molecule has 1 aromatic carbocycles. The van der Waals surface area contributed by atoms with Crippen molar-refractivity contribution in [2.75, 3.05) is 50.0 Å². The van der Waals surface area contributed by atoms with E-state index in [2.05, 4.69) is 20.9 Å². The summed E-state index contributed by atoms with van der Waals surface area (Å²) < 4.78 is 5.27. The van der Waals surface area contributed by atoms with Gasteiger partial charge in [-0.1, -0.05) is 0 Å². The van der Waals surface area contributed by atoms with E-state index >= 15 is 0 Å². The molecule has 2 fully saturated rings. The second-order valence-electron chi connectivity index (χ2n) is 6.15. The zero-order valence-corrected chi connectivity index (χ0v) is 13.7. The van der Waals surface area contributed by atoms with Gasteiger partial charge in [-0.2, -0.15) is 0 Å². The minimum absolute atomic E-state index is 0.00315. The number of rotatable bonds is 5. The van der Waals surface area contributed by atoms with E-state index in [1.54, 1.807) is 24.3 Å². The lowest BCUT2D eigenvalue weighted by atomic mass is 10.2. The largest absolute Gasteiger partial charge is 0.379 e. The zero-order chi connectivity index (χ0) is 16.8. The molecule has 3 N–H and O–H groups in total. The summed E-state index contributed by atoms with van der Waals surface area (Å²) in [5, 5.41) is 8.94. The Morgan fingerprint density at radius 2 is 1.79 bits per heavy atom. The number of morpholine rings is 1. The fraction of sp³-hybridized carbons (Fsp3) is 0.529. The lowest BCUT2D eigenvalue weighted by Crippen LogP contribution is -2.41. The summed E-state index contributed by atoms with van der Waals surface area (Å²) in [6.07, 6.45) is 1.91. The number of amides is 2. The summed E-state index contributed by atoms with van der Waals surface area (Å²) in [5.41, 5.74) is 1.46. The summed E-state index contributed by atoms with van der Waals surface area (Å²) >= 11 is 0. The quantitative estimate of drug-likeness (QED) is 0.737. The number of hydrogen-bond donors (Lipinski definition) is 3. The highest BCUT2D eigenvalue weighted by Gasteiger charge is 2.21. The third-order valence-corrected chi connectivity index (χ3v) is 4.28. The van der Waals surface area contributed by atoms with Crippen LogP contribution in [0.4, 0.5) is 11.4 Å². The van der Waals surface area contributed by atoms with Crippen LogP contribution in [0.3, 0.4) is 0 Å². The first-order valence-corrected chi connectivity index (χ1v) is 8.45. The predicted octanol–water partition coefficient (Wildman–Crippen LogP) is 0.648. The first-order chi connectivity index (χ1) is 11.7. The second kappa shape index (κ2) is 8.23. The molecular weight excluding hydrogens is 308 g/mol. The van der Waals surface area contributed by atoms with Gasteiger partial charge in [0.05, 0.1) is 25.8 Å². The molecule has 2 saturated heterocycles. The molecule has 2 amide bonds. The molecule has 7 nitrogen and oxygen atoms in total. The van der Waals surface area contributed by atoms with E-state index in [9.17, 15) is 9.59 Å². The molecule has 1 aromatic rings. The molecule has 2 aliphatic heterocycles. The van der Waals surface area contributed by atoms with Crippen LogP contribution in [-0.4, -0.2) is 62.1 Å². The van der Waals surface area contributed by atoms with Crippen LogP contribution in [-0.2, 0) is 14.3 Å². The Balaban J connectivity index is 1.46. The molecule has 0 aromatic heterocycles. The number of anilines is 2. The summed E-state index contributed by atoms with van der Waals surface area (Å²) in [4.78, 5) is 26.2. The smallest absolute Gasteiger partial charge is 0.241 e. The van der Waals surface area contributed by atoms with Gasteiger partial charge in [-0.25, -0.2) is 0 Å². The number of hydrogen-bond acceptors (Lipinski definition) is 5. The van der Waals surface area contributed by atoms with Crippen LogP contribution in [0.2, 0.25) is 0 Å². The Labute approximate surface area is 141 Å². The topological polar surface area (TPSA) is 82.7 Å². The fourth-order valence-corrected chi connectivity index (χ4v) is 2.94. The van der Waals surface area contributed by atoms with E-state index in [1.165, 1.54) is 0 Å². The molecule has 1 unspecified atom stereocenters. The maximum Gasteiger partial charge on any atom is 0.241 e. The van der Waals surface area contributed by atoms with Crippen LogP contribution in [0.15, 0.2) is 24.3 Å². The number of nitrogens with zero attached hydrogens (tertiary/aromatic N) is 1. The SMILES string of the molecule is O=C(CN1CCOCC1)Nc1ccc(NC(=O)C2CCCN2)cc1. The molecule has 7 heteroatoms. The highest BCUT2D eigenvalue weighted by Crippen LogP contribution is 2.15. The third-order valence-electron chi connectivity index (χ3n) is 4.28. The molecule has 0 bridgehead atoms. The maximum absolute atomic E-state index is 12.0. The maximum atomic E-state index is 12.0. The van der Waals surface area contributed by atoms with Crippen LogP contribution in [0, 0.1) is 0 Å². The van der Waals surface area contributed by atoms with Crippen LogP contribution < -0.4 is 16.0 Å². The van der Waals surface area contributed by atoms with Crippen molar-refractivity contribution in [2.45, 2.75) is 18.9 Å². The lowest BCUT2D eigenvalue weighted by molar-refractivity contribution is -0.118. The molecular formula is C17H24N4O3. The van der Waals surface area contributed by atoms with Crippen LogP contribution >= 0.6 is 0 Å². The highest BCUT2D eigenvalue weighted by atomic mass is 16.5. The Bertz CT molecular complexity index is 564. The highest BCUT2D eigenvalue weighted by molar-refractivity contribution is 5.96. The number of benzene rings is 1. The molecule has 0 saturated carbocycles. The summed E-state index contributed by atoms with van der Waals surface area (Å²) in [5.74, 6) is -0.0413. The van der Waals surface area contributed by atoms with Crippen LogP contribution in [0.1, 0.15) is 12.8 Å². The lowest BCUT2D eigenvalue weighted by Gasteiger charge is -2.25. The van der Waals surface area contributed by atoms with Crippen molar-refractivity contribution in [2.24, 2.45) is 0 Å². The van der Waals surface area contributed by atoms with Gasteiger partial charge in [0.2, 0.25) is 11.8 Å². The monoisotopic (exact) mass is 332 g/mol. The average Bonchev–Trinajstić information content (AvgIpc) is 3.12. The Morgan fingerprint density at radius 1 is 1.12 bits per heavy atom. The van der Waals surface area contributed by atoms with Gasteiger partial charge < -0.3 is 20.7 Å². The molecule has 24 heavy (non-hydrogen) atoms. The second-order valence-corrected chi connectivity index (χ2v) is 6.15. The van der Waals surface area contributed by atoms with Gasteiger partial charge in [-0.3, -0.25) is 14.5 Å². The molecule has 3 rings (SSSR count). The average molecular weight is 332 g/mol. The van der Waals surface area contributed by atoms with Crippen molar-refractivity contribution < 1.29 is 14.3 Å². The first kappa shape index (κ1) is 16.9. The van der Waals surface area contributed by atoms with Gasteiger partial charge in [0.25, 0.3) is 0 Å². The third kappa shape index (κ3) is 4.77. The predicted molar refractivity (Wildman–Crippen MR) is 92.0 cm³/mol. The first-order valence-electron chi connectivity index (χ1n) is 8.45. The van der Waals surface area contributed by atoms with E-state index in [-0.39, 0.29) is 17.9 Å². The molecule has 1 atom stereocenters. The standard InChI is InChI=1S/C17H24N4O3/c22-16(12-21-8-10-24-11-9-21)19-13-3-5-14(6-4-13)20-17(23)15-2-1-7-18-15/h3-6,15,18H,1-2,7-12H2,(H,19,22)(H,20,23). The molecule has 2 heterocycles. The van der Waals surface area contributed by atoms with Crippen LogP contribution in [0.25, 0.3) is 0 Å². The number of carbonyl (C=O) groups excluding carboxylic acids is 2. The van der Waals surface area contributed by atoms with Crippen molar-refractivity contribution >= 4 is 23.2 Å². The van der Waals surface area contributed by atoms with Crippen molar-refractivity contribution in [1.29, 1.82) is 0 Å². The van der Waals surface area contributed by atoms with Gasteiger partial charge in [-0.05, 0) is 43.7 Å². The van der Waals surface area contributed by atoms with E-state index < -0.39 is 0 Å².